The van der Waals surface area contributed by atoms with Gasteiger partial charge in [-0.15, -0.1) is 10.2 Å². The van der Waals surface area contributed by atoms with Crippen molar-refractivity contribution in [3.05, 3.63) is 76.2 Å². The van der Waals surface area contributed by atoms with Crippen LogP contribution in [0.3, 0.4) is 0 Å². The highest BCUT2D eigenvalue weighted by Gasteiger charge is 2.13. The first-order valence-corrected chi connectivity index (χ1v) is 12.0. The molecular formula is C23H15BrClN5O2S. The number of carbonyl (C=O) groups excluding carboxylic acids is 1. The van der Waals surface area contributed by atoms with Gasteiger partial charge in [-0.05, 0) is 54.6 Å². The van der Waals surface area contributed by atoms with Gasteiger partial charge in [-0.1, -0.05) is 51.4 Å². The molecule has 2 aromatic heterocycles. The van der Waals surface area contributed by atoms with Crippen molar-refractivity contribution in [2.45, 2.75) is 5.22 Å². The van der Waals surface area contributed by atoms with Crippen LogP contribution < -0.4 is 5.32 Å². The second-order valence-electron chi connectivity index (χ2n) is 7.04. The molecule has 5 aromatic rings. The van der Waals surface area contributed by atoms with Gasteiger partial charge < -0.3 is 14.7 Å². The van der Waals surface area contributed by atoms with Crippen molar-refractivity contribution in [2.24, 2.45) is 0 Å². The van der Waals surface area contributed by atoms with E-state index in [1.165, 1.54) is 11.8 Å². The van der Waals surface area contributed by atoms with Gasteiger partial charge in [0.05, 0.1) is 16.8 Å². The molecule has 2 N–H and O–H groups in total. The summed E-state index contributed by atoms with van der Waals surface area (Å²) in [4.78, 5) is 20.0. The molecule has 0 atom stereocenters. The number of rotatable bonds is 6. The lowest BCUT2D eigenvalue weighted by atomic mass is 10.1. The molecule has 0 aliphatic heterocycles. The quantitative estimate of drug-likeness (QED) is 0.241. The number of imidazole rings is 1. The Labute approximate surface area is 206 Å². The lowest BCUT2D eigenvalue weighted by Crippen LogP contribution is -2.13. The van der Waals surface area contributed by atoms with Gasteiger partial charge >= 0.3 is 0 Å². The monoisotopic (exact) mass is 539 g/mol. The Hall–Kier alpha value is -3.14. The number of anilines is 1. The molecule has 0 radical (unpaired) electrons. The minimum Gasteiger partial charge on any atom is -0.411 e. The van der Waals surface area contributed by atoms with Crippen LogP contribution in [0.2, 0.25) is 5.02 Å². The van der Waals surface area contributed by atoms with E-state index >= 15 is 0 Å². The van der Waals surface area contributed by atoms with Crippen molar-refractivity contribution in [1.82, 2.24) is 20.2 Å². The van der Waals surface area contributed by atoms with Crippen molar-refractivity contribution in [3.8, 4) is 22.8 Å². The number of nitrogens with zero attached hydrogens (tertiary/aromatic N) is 3. The lowest BCUT2D eigenvalue weighted by Gasteiger charge is -2.03. The molecule has 33 heavy (non-hydrogen) atoms. The summed E-state index contributed by atoms with van der Waals surface area (Å²) in [6, 6.07) is 20.5. The van der Waals surface area contributed by atoms with E-state index in [1.807, 2.05) is 66.7 Å². The van der Waals surface area contributed by atoms with Crippen LogP contribution in [0.4, 0.5) is 5.69 Å². The second-order valence-corrected chi connectivity index (χ2v) is 9.32. The predicted octanol–water partition coefficient (Wildman–Crippen LogP) is 6.43. The summed E-state index contributed by atoms with van der Waals surface area (Å²) < 4.78 is 6.66. The molecule has 0 saturated carbocycles. The zero-order valence-corrected chi connectivity index (χ0v) is 20.0. The summed E-state index contributed by atoms with van der Waals surface area (Å²) >= 11 is 10.6. The molecule has 0 aliphatic rings. The number of fused-ring (bicyclic) bond motifs is 1. The molecule has 0 saturated heterocycles. The molecule has 7 nitrogen and oxygen atoms in total. The summed E-state index contributed by atoms with van der Waals surface area (Å²) in [6.45, 7) is 0. The lowest BCUT2D eigenvalue weighted by molar-refractivity contribution is -0.113. The van der Waals surface area contributed by atoms with Crippen molar-refractivity contribution >= 4 is 61.9 Å². The van der Waals surface area contributed by atoms with E-state index < -0.39 is 0 Å². The van der Waals surface area contributed by atoms with E-state index in [1.54, 1.807) is 0 Å². The van der Waals surface area contributed by atoms with Crippen LogP contribution in [0.5, 0.6) is 0 Å². The molecule has 164 valence electrons. The number of aromatic nitrogens is 4. The maximum Gasteiger partial charge on any atom is 0.277 e. The summed E-state index contributed by atoms with van der Waals surface area (Å²) in [5.41, 5.74) is 4.15. The maximum absolute atomic E-state index is 12.2. The van der Waals surface area contributed by atoms with Crippen LogP contribution >= 0.6 is 39.3 Å². The third-order valence-corrected chi connectivity index (χ3v) is 6.29. The first kappa shape index (κ1) is 21.7. The van der Waals surface area contributed by atoms with Crippen LogP contribution in [0, 0.1) is 0 Å². The van der Waals surface area contributed by atoms with E-state index in [0.717, 1.165) is 38.1 Å². The predicted molar refractivity (Wildman–Crippen MR) is 133 cm³/mol. The third-order valence-electron chi connectivity index (χ3n) is 4.71. The van der Waals surface area contributed by atoms with Gasteiger partial charge in [-0.2, -0.15) is 0 Å². The zero-order chi connectivity index (χ0) is 22.8. The highest BCUT2D eigenvalue weighted by molar-refractivity contribution is 9.10. The number of aromatic amines is 1. The Kier molecular flexibility index (Phi) is 6.17. The first-order valence-electron chi connectivity index (χ1n) is 9.81. The summed E-state index contributed by atoms with van der Waals surface area (Å²) in [5.74, 6) is 1.14. The summed E-state index contributed by atoms with van der Waals surface area (Å²) in [6.07, 6.45) is 0. The number of H-pyrrole nitrogens is 1. The van der Waals surface area contributed by atoms with Crippen molar-refractivity contribution in [3.63, 3.8) is 0 Å². The van der Waals surface area contributed by atoms with Crippen LogP contribution in [-0.4, -0.2) is 31.8 Å². The van der Waals surface area contributed by atoms with Gasteiger partial charge in [0.25, 0.3) is 5.22 Å². The number of thioether (sulfide) groups is 1. The van der Waals surface area contributed by atoms with E-state index in [0.29, 0.717) is 16.1 Å². The third kappa shape index (κ3) is 5.11. The highest BCUT2D eigenvalue weighted by atomic mass is 79.9. The Balaban J connectivity index is 1.22. The van der Waals surface area contributed by atoms with Gasteiger partial charge in [-0.3, -0.25) is 4.79 Å². The normalized spacial score (nSPS) is 11.1. The molecule has 10 heteroatoms. The Morgan fingerprint density at radius 2 is 1.79 bits per heavy atom. The second kappa shape index (κ2) is 9.38. The molecule has 0 fully saturated rings. The fourth-order valence-electron chi connectivity index (χ4n) is 3.13. The van der Waals surface area contributed by atoms with Crippen LogP contribution in [0.15, 0.2) is 80.8 Å². The van der Waals surface area contributed by atoms with Gasteiger partial charge in [0.2, 0.25) is 11.8 Å². The Bertz CT molecular complexity index is 1430. The molecule has 3 aromatic carbocycles. The molecule has 1 amide bonds. The summed E-state index contributed by atoms with van der Waals surface area (Å²) in [7, 11) is 0. The fraction of sp³-hybridized carbons (Fsp3) is 0.0435. The average Bonchev–Trinajstić information content (AvgIpc) is 3.46. The van der Waals surface area contributed by atoms with Crippen molar-refractivity contribution in [2.75, 3.05) is 11.1 Å². The van der Waals surface area contributed by atoms with Crippen LogP contribution in [0.25, 0.3) is 33.9 Å². The smallest absolute Gasteiger partial charge is 0.277 e. The molecule has 0 bridgehead atoms. The fourth-order valence-corrected chi connectivity index (χ4v) is 4.13. The van der Waals surface area contributed by atoms with Gasteiger partial charge in [0.1, 0.15) is 5.82 Å². The number of halogens is 2. The van der Waals surface area contributed by atoms with E-state index in [9.17, 15) is 4.79 Å². The maximum atomic E-state index is 12.2. The van der Waals surface area contributed by atoms with E-state index in [-0.39, 0.29) is 11.7 Å². The number of carbonyl (C=O) groups is 1. The van der Waals surface area contributed by atoms with Crippen LogP contribution in [0.1, 0.15) is 0 Å². The van der Waals surface area contributed by atoms with E-state index in [2.05, 4.69) is 41.4 Å². The van der Waals surface area contributed by atoms with Gasteiger partial charge in [-0.25, -0.2) is 4.98 Å². The van der Waals surface area contributed by atoms with Crippen molar-refractivity contribution in [1.29, 1.82) is 0 Å². The Morgan fingerprint density at radius 3 is 2.58 bits per heavy atom. The topological polar surface area (TPSA) is 96.7 Å². The van der Waals surface area contributed by atoms with E-state index in [4.69, 9.17) is 16.0 Å². The number of nitrogens with one attached hydrogen (secondary N) is 2. The molecule has 2 heterocycles. The highest BCUT2D eigenvalue weighted by Crippen LogP contribution is 2.27. The zero-order valence-electron chi connectivity index (χ0n) is 16.9. The van der Waals surface area contributed by atoms with Crippen molar-refractivity contribution < 1.29 is 9.21 Å². The first-order chi connectivity index (χ1) is 16.0. The molecule has 0 unspecified atom stereocenters. The number of hydrogen-bond donors (Lipinski definition) is 2. The molecule has 0 aliphatic carbocycles. The molecule has 5 rings (SSSR count). The molecular weight excluding hydrogens is 526 g/mol. The number of amides is 1. The summed E-state index contributed by atoms with van der Waals surface area (Å²) in [5, 5.41) is 11.9. The van der Waals surface area contributed by atoms with Gasteiger partial charge in [0, 0.05) is 26.3 Å². The number of hydrogen-bond acceptors (Lipinski definition) is 6. The minimum absolute atomic E-state index is 0.154. The largest absolute Gasteiger partial charge is 0.411 e. The number of benzene rings is 3. The minimum atomic E-state index is -0.154. The SMILES string of the molecule is O=C(CSc1nnc(-c2ccc(-c3nc4ccc(Cl)cc4[nH]3)cc2)o1)Nc1ccc(Br)cc1. The van der Waals surface area contributed by atoms with Gasteiger partial charge in [0.15, 0.2) is 0 Å². The Morgan fingerprint density at radius 1 is 1.03 bits per heavy atom. The average molecular weight is 541 g/mol. The molecule has 0 spiro atoms. The van der Waals surface area contributed by atoms with Crippen LogP contribution in [-0.2, 0) is 4.79 Å². The standard InChI is InChI=1S/C23H15BrClN5O2S/c24-15-5-8-17(9-6-15)26-20(31)12-33-23-30-29-22(32-23)14-3-1-13(2-4-14)21-27-18-10-7-16(25)11-19(18)28-21/h1-11H,12H2,(H,26,31)(H,27,28).